The summed E-state index contributed by atoms with van der Waals surface area (Å²) in [4.78, 5) is 0. The zero-order valence-corrected chi connectivity index (χ0v) is 19.6. The van der Waals surface area contributed by atoms with Crippen molar-refractivity contribution in [3.63, 3.8) is 0 Å². The maximum Gasteiger partial charge on any atom is -0.0159 e. The van der Waals surface area contributed by atoms with E-state index in [9.17, 15) is 0 Å². The van der Waals surface area contributed by atoms with E-state index in [1.807, 2.05) is 0 Å². The number of hydrogen-bond donors (Lipinski definition) is 0. The minimum absolute atomic E-state index is 0.725. The Morgan fingerprint density at radius 1 is 0.586 bits per heavy atom. The lowest BCUT2D eigenvalue weighted by atomic mass is 9.82. The Morgan fingerprint density at radius 2 is 1.21 bits per heavy atom. The normalized spacial score (nSPS) is 13.4. The SMILES string of the molecule is CCCCCCC(CCCC(CCC)c1ccccc1C)c1ccccc1CC. The maximum absolute atomic E-state index is 2.41. The second kappa shape index (κ2) is 13.6. The van der Waals surface area contributed by atoms with Gasteiger partial charge in [0.25, 0.3) is 0 Å². The Balaban J connectivity index is 2.04. The van der Waals surface area contributed by atoms with Crippen LogP contribution in [0.4, 0.5) is 0 Å². The predicted octanol–water partition coefficient (Wildman–Crippen LogP) is 9.37. The van der Waals surface area contributed by atoms with Crippen molar-refractivity contribution in [2.45, 2.75) is 110 Å². The second-order valence-corrected chi connectivity index (χ2v) is 8.87. The van der Waals surface area contributed by atoms with E-state index in [1.165, 1.54) is 69.8 Å². The van der Waals surface area contributed by atoms with Gasteiger partial charge in [0.05, 0.1) is 0 Å². The number of rotatable bonds is 14. The Hall–Kier alpha value is -1.56. The Bertz CT molecular complexity index is 684. The minimum Gasteiger partial charge on any atom is -0.0654 e. The average molecular weight is 393 g/mol. The van der Waals surface area contributed by atoms with Crippen LogP contribution < -0.4 is 0 Å². The van der Waals surface area contributed by atoms with Crippen LogP contribution in [0.3, 0.4) is 0 Å². The zero-order chi connectivity index (χ0) is 20.9. The van der Waals surface area contributed by atoms with E-state index >= 15 is 0 Å². The molecule has 0 saturated heterocycles. The van der Waals surface area contributed by atoms with E-state index in [0.717, 1.165) is 18.3 Å². The molecule has 2 aromatic rings. The molecule has 2 aromatic carbocycles. The van der Waals surface area contributed by atoms with Crippen LogP contribution >= 0.6 is 0 Å². The maximum atomic E-state index is 2.41. The standard InChI is InChI=1S/C29H44/c1-5-8-9-10-19-27(29-23-14-12-18-25(29)7-3)21-15-20-26(16-6-2)28-22-13-11-17-24(28)4/h11-14,17-18,22-23,26-27H,5-10,15-16,19-21H2,1-4H3. The third kappa shape index (κ3) is 7.65. The van der Waals surface area contributed by atoms with Crippen LogP contribution in [0.5, 0.6) is 0 Å². The monoisotopic (exact) mass is 392 g/mol. The summed E-state index contributed by atoms with van der Waals surface area (Å²) in [5.74, 6) is 1.46. The first-order chi connectivity index (χ1) is 14.2. The van der Waals surface area contributed by atoms with Gasteiger partial charge < -0.3 is 0 Å². The van der Waals surface area contributed by atoms with E-state index in [2.05, 4.69) is 76.2 Å². The number of unbranched alkanes of at least 4 members (excludes halogenated alkanes) is 3. The van der Waals surface area contributed by atoms with E-state index in [0.29, 0.717) is 0 Å². The van der Waals surface area contributed by atoms with Crippen molar-refractivity contribution in [3.8, 4) is 0 Å². The van der Waals surface area contributed by atoms with Gasteiger partial charge in [-0.25, -0.2) is 0 Å². The van der Waals surface area contributed by atoms with Gasteiger partial charge in [-0.15, -0.1) is 0 Å². The zero-order valence-electron chi connectivity index (χ0n) is 19.6. The Morgan fingerprint density at radius 3 is 1.86 bits per heavy atom. The molecule has 0 nitrogen and oxygen atoms in total. The summed E-state index contributed by atoms with van der Waals surface area (Å²) in [5.41, 5.74) is 6.26. The molecule has 0 aromatic heterocycles. The molecular weight excluding hydrogens is 348 g/mol. The highest BCUT2D eigenvalue weighted by Crippen LogP contribution is 2.34. The van der Waals surface area contributed by atoms with Gasteiger partial charge in [-0.1, -0.05) is 108 Å². The predicted molar refractivity (Wildman–Crippen MR) is 130 cm³/mol. The van der Waals surface area contributed by atoms with Crippen molar-refractivity contribution in [2.75, 3.05) is 0 Å². The molecule has 0 heterocycles. The number of benzene rings is 2. The quantitative estimate of drug-likeness (QED) is 0.281. The summed E-state index contributed by atoms with van der Waals surface area (Å²) in [7, 11) is 0. The molecule has 29 heavy (non-hydrogen) atoms. The van der Waals surface area contributed by atoms with Crippen LogP contribution in [0, 0.1) is 6.92 Å². The fourth-order valence-electron chi connectivity index (χ4n) is 4.99. The lowest BCUT2D eigenvalue weighted by molar-refractivity contribution is 0.468. The highest BCUT2D eigenvalue weighted by Gasteiger charge is 2.17. The fraction of sp³-hybridized carbons (Fsp3) is 0.586. The van der Waals surface area contributed by atoms with Gasteiger partial charge in [0.15, 0.2) is 0 Å². The molecule has 160 valence electrons. The number of hydrogen-bond acceptors (Lipinski definition) is 0. The van der Waals surface area contributed by atoms with Crippen LogP contribution in [0.1, 0.15) is 119 Å². The summed E-state index contributed by atoms with van der Waals surface area (Å²) in [6.07, 6.45) is 14.6. The molecule has 2 atom stereocenters. The molecule has 2 rings (SSSR count). The Kier molecular flexibility index (Phi) is 11.1. The fourth-order valence-corrected chi connectivity index (χ4v) is 4.99. The van der Waals surface area contributed by atoms with E-state index in [-0.39, 0.29) is 0 Å². The molecule has 0 fully saturated rings. The molecule has 0 aliphatic rings. The van der Waals surface area contributed by atoms with Crippen LogP contribution in [-0.2, 0) is 6.42 Å². The van der Waals surface area contributed by atoms with Crippen LogP contribution in [0.25, 0.3) is 0 Å². The molecule has 2 unspecified atom stereocenters. The first-order valence-electron chi connectivity index (χ1n) is 12.3. The number of aryl methyl sites for hydroxylation is 2. The van der Waals surface area contributed by atoms with Gasteiger partial charge >= 0.3 is 0 Å². The summed E-state index contributed by atoms with van der Waals surface area (Å²) in [5, 5.41) is 0. The Labute approximate surface area is 181 Å². The molecule has 0 heteroatoms. The molecule has 0 spiro atoms. The first-order valence-corrected chi connectivity index (χ1v) is 12.3. The molecule has 0 aliphatic carbocycles. The van der Waals surface area contributed by atoms with Crippen molar-refractivity contribution >= 4 is 0 Å². The molecule has 0 bridgehead atoms. The van der Waals surface area contributed by atoms with E-state index in [4.69, 9.17) is 0 Å². The highest BCUT2D eigenvalue weighted by molar-refractivity contribution is 5.31. The van der Waals surface area contributed by atoms with Crippen LogP contribution in [0.15, 0.2) is 48.5 Å². The smallest absolute Gasteiger partial charge is 0.0159 e. The first kappa shape index (κ1) is 23.7. The van der Waals surface area contributed by atoms with Gasteiger partial charge in [0.2, 0.25) is 0 Å². The van der Waals surface area contributed by atoms with Crippen molar-refractivity contribution in [1.82, 2.24) is 0 Å². The third-order valence-electron chi connectivity index (χ3n) is 6.65. The molecule has 0 aliphatic heterocycles. The van der Waals surface area contributed by atoms with Gasteiger partial charge in [0.1, 0.15) is 0 Å². The van der Waals surface area contributed by atoms with Gasteiger partial charge in [-0.2, -0.15) is 0 Å². The van der Waals surface area contributed by atoms with Gasteiger partial charge in [-0.05, 0) is 73.1 Å². The van der Waals surface area contributed by atoms with Gasteiger partial charge in [-0.3, -0.25) is 0 Å². The summed E-state index contributed by atoms with van der Waals surface area (Å²) in [6.45, 7) is 9.23. The largest absolute Gasteiger partial charge is 0.0654 e. The average Bonchev–Trinajstić information content (AvgIpc) is 2.75. The van der Waals surface area contributed by atoms with Crippen molar-refractivity contribution in [2.24, 2.45) is 0 Å². The molecular formula is C29H44. The van der Waals surface area contributed by atoms with Crippen molar-refractivity contribution in [3.05, 3.63) is 70.8 Å². The highest BCUT2D eigenvalue weighted by atomic mass is 14.2. The summed E-state index contributed by atoms with van der Waals surface area (Å²) in [6, 6.07) is 18.3. The van der Waals surface area contributed by atoms with E-state index in [1.54, 1.807) is 16.7 Å². The topological polar surface area (TPSA) is 0 Å². The molecule has 0 amide bonds. The molecule has 0 N–H and O–H groups in total. The molecule has 0 saturated carbocycles. The second-order valence-electron chi connectivity index (χ2n) is 8.87. The molecule has 0 radical (unpaired) electrons. The summed E-state index contributed by atoms with van der Waals surface area (Å²) >= 11 is 0. The van der Waals surface area contributed by atoms with Crippen LogP contribution in [0.2, 0.25) is 0 Å². The lowest BCUT2D eigenvalue weighted by Crippen LogP contribution is -2.06. The third-order valence-corrected chi connectivity index (χ3v) is 6.65. The lowest BCUT2D eigenvalue weighted by Gasteiger charge is -2.23. The van der Waals surface area contributed by atoms with Crippen molar-refractivity contribution in [1.29, 1.82) is 0 Å². The minimum atomic E-state index is 0.725. The van der Waals surface area contributed by atoms with Gasteiger partial charge in [0, 0.05) is 0 Å². The van der Waals surface area contributed by atoms with Crippen LogP contribution in [-0.4, -0.2) is 0 Å². The van der Waals surface area contributed by atoms with E-state index < -0.39 is 0 Å². The summed E-state index contributed by atoms with van der Waals surface area (Å²) < 4.78 is 0. The van der Waals surface area contributed by atoms with Crippen molar-refractivity contribution < 1.29 is 0 Å².